The molecule has 0 spiro atoms. The number of nitrogens with one attached hydrogen (secondary N) is 1. The van der Waals surface area contributed by atoms with Crippen LogP contribution in [0.5, 0.6) is 0 Å². The van der Waals surface area contributed by atoms with Gasteiger partial charge in [-0.1, -0.05) is 12.1 Å². The van der Waals surface area contributed by atoms with E-state index in [1.807, 2.05) is 6.92 Å². The molecule has 1 rings (SSSR count). The van der Waals surface area contributed by atoms with Gasteiger partial charge in [0.05, 0.1) is 5.69 Å². The highest BCUT2D eigenvalue weighted by atomic mass is 16.5. The van der Waals surface area contributed by atoms with Crippen molar-refractivity contribution < 1.29 is 9.32 Å². The number of carbonyl (C=O) groups excluding carboxylic acids is 1. The number of hydrogen-bond donors (Lipinski definition) is 2. The number of carbonyl (C=O) groups is 1. The molecule has 0 bridgehead atoms. The van der Waals surface area contributed by atoms with Crippen molar-refractivity contribution >= 4 is 11.8 Å². The number of anilines is 1. The maximum atomic E-state index is 11.4. The highest BCUT2D eigenvalue weighted by Gasteiger charge is 2.08. The summed E-state index contributed by atoms with van der Waals surface area (Å²) in [6.07, 6.45) is 1.24. The highest BCUT2D eigenvalue weighted by molar-refractivity contribution is 5.89. The van der Waals surface area contributed by atoms with E-state index in [-0.39, 0.29) is 5.91 Å². The Morgan fingerprint density at radius 2 is 2.47 bits per heavy atom. The van der Waals surface area contributed by atoms with E-state index in [0.717, 1.165) is 12.1 Å². The Bertz CT molecular complexity index is 322. The average molecular weight is 211 g/mol. The third kappa shape index (κ3) is 4.12. The molecule has 0 aromatic carbocycles. The lowest BCUT2D eigenvalue weighted by Crippen LogP contribution is -2.16. The molecule has 1 aromatic heterocycles. The van der Waals surface area contributed by atoms with Crippen molar-refractivity contribution in [2.24, 2.45) is 11.7 Å². The van der Waals surface area contributed by atoms with Crippen molar-refractivity contribution in [1.29, 1.82) is 0 Å². The van der Waals surface area contributed by atoms with E-state index in [0.29, 0.717) is 24.8 Å². The molecule has 1 aromatic rings. The molecular weight excluding hydrogens is 194 g/mol. The minimum Gasteiger partial charge on any atom is -0.338 e. The highest BCUT2D eigenvalue weighted by Crippen LogP contribution is 2.10. The third-order valence-electron chi connectivity index (χ3n) is 2.16. The first-order chi connectivity index (χ1) is 7.11. The molecular formula is C10H17N3O2. The van der Waals surface area contributed by atoms with Gasteiger partial charge < -0.3 is 10.3 Å². The van der Waals surface area contributed by atoms with Crippen LogP contribution in [0.25, 0.3) is 0 Å². The van der Waals surface area contributed by atoms with Gasteiger partial charge in [0.1, 0.15) is 0 Å². The lowest BCUT2D eigenvalue weighted by atomic mass is 10.1. The number of nitrogens with zero attached hydrogens (tertiary/aromatic N) is 1. The number of aryl methyl sites for hydroxylation is 1. The normalized spacial score (nSPS) is 12.5. The molecule has 3 N–H and O–H groups in total. The van der Waals surface area contributed by atoms with Crippen molar-refractivity contribution in [2.45, 2.75) is 26.7 Å². The van der Waals surface area contributed by atoms with E-state index < -0.39 is 0 Å². The summed E-state index contributed by atoms with van der Waals surface area (Å²) in [5.74, 6) is 0.705. The molecule has 0 fully saturated rings. The Morgan fingerprint density at radius 3 is 3.00 bits per heavy atom. The van der Waals surface area contributed by atoms with Gasteiger partial charge in [-0.15, -0.1) is 0 Å². The number of hydrogen-bond acceptors (Lipinski definition) is 4. The van der Waals surface area contributed by atoms with Crippen LogP contribution >= 0.6 is 0 Å². The summed E-state index contributed by atoms with van der Waals surface area (Å²) in [5, 5.41) is 6.30. The summed E-state index contributed by atoms with van der Waals surface area (Å²) < 4.78 is 4.86. The molecule has 0 saturated carbocycles. The van der Waals surface area contributed by atoms with E-state index >= 15 is 0 Å². The minimum atomic E-state index is -0.0635. The molecule has 1 unspecified atom stereocenters. The van der Waals surface area contributed by atoms with Gasteiger partial charge in [0.15, 0.2) is 0 Å². The molecule has 0 radical (unpaired) electrons. The lowest BCUT2D eigenvalue weighted by molar-refractivity contribution is -0.116. The Morgan fingerprint density at radius 1 is 1.73 bits per heavy atom. The van der Waals surface area contributed by atoms with Gasteiger partial charge in [0.2, 0.25) is 11.8 Å². The van der Waals surface area contributed by atoms with Crippen molar-refractivity contribution in [1.82, 2.24) is 5.16 Å². The van der Waals surface area contributed by atoms with E-state index in [4.69, 9.17) is 10.3 Å². The zero-order valence-electron chi connectivity index (χ0n) is 9.12. The zero-order valence-corrected chi connectivity index (χ0v) is 9.12. The van der Waals surface area contributed by atoms with Crippen molar-refractivity contribution in [3.8, 4) is 0 Å². The predicted molar refractivity (Wildman–Crippen MR) is 57.3 cm³/mol. The lowest BCUT2D eigenvalue weighted by Gasteiger charge is -2.06. The summed E-state index contributed by atoms with van der Waals surface area (Å²) in [4.78, 5) is 11.4. The quantitative estimate of drug-likeness (QED) is 0.769. The first-order valence-corrected chi connectivity index (χ1v) is 5.05. The van der Waals surface area contributed by atoms with Crippen LogP contribution in [0.2, 0.25) is 0 Å². The average Bonchev–Trinajstić information content (AvgIpc) is 2.60. The molecule has 5 heteroatoms. The van der Waals surface area contributed by atoms with Gasteiger partial charge in [-0.2, -0.15) is 0 Å². The molecule has 0 aliphatic carbocycles. The molecule has 1 amide bonds. The summed E-state index contributed by atoms with van der Waals surface area (Å²) in [6.45, 7) is 4.43. The third-order valence-corrected chi connectivity index (χ3v) is 2.16. The summed E-state index contributed by atoms with van der Waals surface area (Å²) in [6, 6.07) is 1.68. The van der Waals surface area contributed by atoms with Gasteiger partial charge >= 0.3 is 0 Å². The second-order valence-electron chi connectivity index (χ2n) is 3.76. The monoisotopic (exact) mass is 211 g/mol. The van der Waals surface area contributed by atoms with Gasteiger partial charge in [0, 0.05) is 12.5 Å². The van der Waals surface area contributed by atoms with Crippen molar-refractivity contribution in [2.75, 3.05) is 11.9 Å². The maximum Gasteiger partial charge on any atom is 0.231 e. The number of amides is 1. The topological polar surface area (TPSA) is 81.2 Å². The Kier molecular flexibility index (Phi) is 4.30. The summed E-state index contributed by atoms with van der Waals surface area (Å²) in [5.41, 5.74) is 6.20. The zero-order chi connectivity index (χ0) is 11.3. The smallest absolute Gasteiger partial charge is 0.231 e. The van der Waals surface area contributed by atoms with Crippen LogP contribution in [0, 0.1) is 12.8 Å². The van der Waals surface area contributed by atoms with Crippen LogP contribution in [0.4, 0.5) is 5.88 Å². The minimum absolute atomic E-state index is 0.0635. The fourth-order valence-electron chi connectivity index (χ4n) is 1.12. The first kappa shape index (κ1) is 11.7. The fraction of sp³-hybridized carbons (Fsp3) is 0.600. The molecule has 0 aliphatic heterocycles. The van der Waals surface area contributed by atoms with Gasteiger partial charge in [-0.05, 0) is 25.8 Å². The number of nitrogens with two attached hydrogens (primary N) is 1. The molecule has 1 heterocycles. The van der Waals surface area contributed by atoms with Crippen molar-refractivity contribution in [3.05, 3.63) is 11.8 Å². The Balaban J connectivity index is 2.30. The van der Waals surface area contributed by atoms with Crippen LogP contribution in [0.15, 0.2) is 10.6 Å². The SMILES string of the molecule is Cc1cc(NC(=O)CCC(C)CN)on1. The first-order valence-electron chi connectivity index (χ1n) is 5.05. The van der Waals surface area contributed by atoms with Gasteiger partial charge in [0.25, 0.3) is 0 Å². The van der Waals surface area contributed by atoms with Crippen LogP contribution in [0.1, 0.15) is 25.5 Å². The molecule has 1 atom stereocenters. The van der Waals surface area contributed by atoms with Crippen LogP contribution in [-0.4, -0.2) is 17.6 Å². The van der Waals surface area contributed by atoms with Gasteiger partial charge in [-0.3, -0.25) is 10.1 Å². The van der Waals surface area contributed by atoms with E-state index in [1.54, 1.807) is 13.0 Å². The summed E-state index contributed by atoms with van der Waals surface area (Å²) >= 11 is 0. The Hall–Kier alpha value is -1.36. The van der Waals surface area contributed by atoms with Crippen LogP contribution in [-0.2, 0) is 4.79 Å². The van der Waals surface area contributed by atoms with E-state index in [2.05, 4.69) is 10.5 Å². The van der Waals surface area contributed by atoms with Gasteiger partial charge in [-0.25, -0.2) is 0 Å². The molecule has 5 nitrogen and oxygen atoms in total. The molecule has 0 aliphatic rings. The van der Waals surface area contributed by atoms with Crippen LogP contribution in [0.3, 0.4) is 0 Å². The number of aromatic nitrogens is 1. The largest absolute Gasteiger partial charge is 0.338 e. The fourth-order valence-corrected chi connectivity index (χ4v) is 1.12. The van der Waals surface area contributed by atoms with E-state index in [9.17, 15) is 4.79 Å². The molecule has 0 saturated heterocycles. The second-order valence-corrected chi connectivity index (χ2v) is 3.76. The number of rotatable bonds is 5. The second kappa shape index (κ2) is 5.50. The molecule has 84 valence electrons. The van der Waals surface area contributed by atoms with E-state index in [1.165, 1.54) is 0 Å². The standard InChI is InChI=1S/C10H17N3O2/c1-7(6-11)3-4-9(14)12-10-5-8(2)13-15-10/h5,7H,3-4,6,11H2,1-2H3,(H,12,14). The predicted octanol–water partition coefficient (Wildman–Crippen LogP) is 1.30. The Labute approximate surface area is 89.0 Å². The molecule has 15 heavy (non-hydrogen) atoms. The van der Waals surface area contributed by atoms with Crippen LogP contribution < -0.4 is 11.1 Å². The van der Waals surface area contributed by atoms with Crippen molar-refractivity contribution in [3.63, 3.8) is 0 Å². The summed E-state index contributed by atoms with van der Waals surface area (Å²) in [7, 11) is 0. The maximum absolute atomic E-state index is 11.4.